The third kappa shape index (κ3) is 4.07. The van der Waals surface area contributed by atoms with Crippen LogP contribution in [0.15, 0.2) is 62.9 Å². The van der Waals surface area contributed by atoms with Crippen molar-refractivity contribution in [3.63, 3.8) is 0 Å². The molecule has 0 aliphatic carbocycles. The van der Waals surface area contributed by atoms with E-state index in [0.29, 0.717) is 12.1 Å². The Hall–Kier alpha value is -2.35. The lowest BCUT2D eigenvalue weighted by Crippen LogP contribution is -2.05. The maximum absolute atomic E-state index is 12.8. The molecule has 0 bridgehead atoms. The molecule has 0 fully saturated rings. The second-order valence-electron chi connectivity index (χ2n) is 6.12. The van der Waals surface area contributed by atoms with Crippen LogP contribution in [0.5, 0.6) is 0 Å². The quantitative estimate of drug-likeness (QED) is 0.750. The first-order valence-corrected chi connectivity index (χ1v) is 9.80. The Labute approximate surface area is 149 Å². The highest BCUT2D eigenvalue weighted by Crippen LogP contribution is 2.30. The Morgan fingerprint density at radius 1 is 1.12 bits per heavy atom. The van der Waals surface area contributed by atoms with Crippen molar-refractivity contribution in [3.05, 3.63) is 59.7 Å². The molecule has 2 aromatic rings. The van der Waals surface area contributed by atoms with Gasteiger partial charge in [0.25, 0.3) is 0 Å². The molecular formula is C18H17F3N2O2S. The molecule has 0 spiro atoms. The third-order valence-corrected chi connectivity index (χ3v) is 5.63. The summed E-state index contributed by atoms with van der Waals surface area (Å²) >= 11 is 0. The maximum Gasteiger partial charge on any atom is 0.416 e. The summed E-state index contributed by atoms with van der Waals surface area (Å²) in [5.74, 6) is 0. The predicted octanol–water partition coefficient (Wildman–Crippen LogP) is 5.01. The van der Waals surface area contributed by atoms with E-state index in [1.165, 1.54) is 18.4 Å². The molecule has 1 aliphatic heterocycles. The summed E-state index contributed by atoms with van der Waals surface area (Å²) in [5, 5.41) is 4.00. The summed E-state index contributed by atoms with van der Waals surface area (Å²) in [6.07, 6.45) is -2.26. The molecule has 0 N–H and O–H groups in total. The minimum atomic E-state index is -4.43. The van der Waals surface area contributed by atoms with Crippen molar-refractivity contribution in [3.8, 4) is 0 Å². The SMILES string of the molecule is CC1CC(c2ccc(N=S(C)(=O)c3ccc(C(F)(F)F)cc3)cc2)=NO1. The van der Waals surface area contributed by atoms with Crippen molar-refractivity contribution >= 4 is 21.1 Å². The second-order valence-corrected chi connectivity index (χ2v) is 8.38. The zero-order valence-corrected chi connectivity index (χ0v) is 15.0. The van der Waals surface area contributed by atoms with Gasteiger partial charge in [-0.1, -0.05) is 17.3 Å². The van der Waals surface area contributed by atoms with Crippen molar-refractivity contribution < 1.29 is 22.2 Å². The van der Waals surface area contributed by atoms with Gasteiger partial charge in [0, 0.05) is 17.6 Å². The van der Waals surface area contributed by atoms with Crippen molar-refractivity contribution in [1.82, 2.24) is 0 Å². The molecule has 2 atom stereocenters. The molecule has 0 saturated carbocycles. The van der Waals surface area contributed by atoms with Gasteiger partial charge in [0.15, 0.2) is 0 Å². The Morgan fingerprint density at radius 2 is 1.73 bits per heavy atom. The van der Waals surface area contributed by atoms with Crippen LogP contribution in [0.2, 0.25) is 0 Å². The van der Waals surface area contributed by atoms with Crippen LogP contribution in [-0.4, -0.2) is 22.3 Å². The van der Waals surface area contributed by atoms with Gasteiger partial charge in [-0.25, -0.2) is 4.21 Å². The normalized spacial score (nSPS) is 19.4. The minimum absolute atomic E-state index is 0.0448. The maximum atomic E-state index is 12.8. The summed E-state index contributed by atoms with van der Waals surface area (Å²) in [6, 6.07) is 11.3. The average molecular weight is 382 g/mol. The first kappa shape index (κ1) is 18.4. The lowest BCUT2D eigenvalue weighted by Gasteiger charge is -2.09. The first-order chi connectivity index (χ1) is 12.1. The van der Waals surface area contributed by atoms with Crippen LogP contribution in [0.4, 0.5) is 18.9 Å². The molecule has 0 radical (unpaired) electrons. The standard InChI is InChI=1S/C18H17F3N2O2S/c1-12-11-17(22-25-12)13-3-7-15(8-4-13)23-26(2,24)16-9-5-14(6-10-16)18(19,20)21/h3-10,12H,11H2,1-2H3. The van der Waals surface area contributed by atoms with E-state index in [4.69, 9.17) is 4.84 Å². The highest BCUT2D eigenvalue weighted by atomic mass is 32.2. The van der Waals surface area contributed by atoms with E-state index in [2.05, 4.69) is 9.52 Å². The lowest BCUT2D eigenvalue weighted by molar-refractivity contribution is -0.137. The molecule has 0 aromatic heterocycles. The van der Waals surface area contributed by atoms with Gasteiger partial charge < -0.3 is 4.84 Å². The molecule has 26 heavy (non-hydrogen) atoms. The molecule has 2 aromatic carbocycles. The molecule has 1 aliphatic rings. The molecule has 2 unspecified atom stereocenters. The van der Waals surface area contributed by atoms with E-state index in [1.54, 1.807) is 24.3 Å². The monoisotopic (exact) mass is 382 g/mol. The van der Waals surface area contributed by atoms with Gasteiger partial charge in [-0.2, -0.15) is 17.5 Å². The number of halogens is 3. The summed E-state index contributed by atoms with van der Waals surface area (Å²) in [7, 11) is -2.86. The van der Waals surface area contributed by atoms with E-state index in [0.717, 1.165) is 23.4 Å². The summed E-state index contributed by atoms with van der Waals surface area (Å²) in [4.78, 5) is 5.41. The van der Waals surface area contributed by atoms with E-state index in [9.17, 15) is 17.4 Å². The largest absolute Gasteiger partial charge is 0.416 e. The Balaban J connectivity index is 1.85. The Bertz CT molecular complexity index is 942. The van der Waals surface area contributed by atoms with Crippen LogP contribution in [0.1, 0.15) is 24.5 Å². The summed E-state index contributed by atoms with van der Waals surface area (Å²) in [5.41, 5.74) is 1.43. The fourth-order valence-corrected chi connectivity index (χ4v) is 3.81. The number of benzene rings is 2. The molecule has 3 rings (SSSR count). The Morgan fingerprint density at radius 3 is 2.23 bits per heavy atom. The van der Waals surface area contributed by atoms with Crippen molar-refractivity contribution in [1.29, 1.82) is 0 Å². The fraction of sp³-hybridized carbons (Fsp3) is 0.278. The smallest absolute Gasteiger partial charge is 0.392 e. The fourth-order valence-electron chi connectivity index (χ4n) is 2.54. The van der Waals surface area contributed by atoms with E-state index in [-0.39, 0.29) is 11.0 Å². The zero-order valence-electron chi connectivity index (χ0n) is 14.2. The number of rotatable bonds is 3. The van der Waals surface area contributed by atoms with Crippen LogP contribution >= 0.6 is 0 Å². The van der Waals surface area contributed by atoms with Gasteiger partial charge in [0.2, 0.25) is 0 Å². The van der Waals surface area contributed by atoms with E-state index >= 15 is 0 Å². The van der Waals surface area contributed by atoms with Gasteiger partial charge in [-0.3, -0.25) is 0 Å². The summed E-state index contributed by atoms with van der Waals surface area (Å²) in [6.45, 7) is 1.93. The molecule has 0 saturated heterocycles. The second kappa shape index (κ2) is 6.75. The number of hydrogen-bond acceptors (Lipinski definition) is 4. The predicted molar refractivity (Wildman–Crippen MR) is 94.0 cm³/mol. The number of hydrogen-bond donors (Lipinski definition) is 0. The van der Waals surface area contributed by atoms with Crippen molar-refractivity contribution in [2.75, 3.05) is 6.26 Å². The van der Waals surface area contributed by atoms with Crippen LogP contribution in [0.25, 0.3) is 0 Å². The average Bonchev–Trinajstić information content (AvgIpc) is 3.01. The van der Waals surface area contributed by atoms with Gasteiger partial charge in [0.1, 0.15) is 6.10 Å². The van der Waals surface area contributed by atoms with Gasteiger partial charge in [-0.15, -0.1) is 0 Å². The third-order valence-electron chi connectivity index (χ3n) is 3.92. The first-order valence-electron chi connectivity index (χ1n) is 7.88. The van der Waals surface area contributed by atoms with Gasteiger partial charge >= 0.3 is 6.18 Å². The molecule has 0 amide bonds. The van der Waals surface area contributed by atoms with E-state index in [1.807, 2.05) is 6.92 Å². The van der Waals surface area contributed by atoms with Gasteiger partial charge in [0.05, 0.1) is 26.7 Å². The highest BCUT2D eigenvalue weighted by Gasteiger charge is 2.30. The van der Waals surface area contributed by atoms with Crippen LogP contribution in [0, 0.1) is 0 Å². The summed E-state index contributed by atoms with van der Waals surface area (Å²) < 4.78 is 54.9. The number of alkyl halides is 3. The molecule has 8 heteroatoms. The highest BCUT2D eigenvalue weighted by molar-refractivity contribution is 7.93. The number of nitrogens with zero attached hydrogens (tertiary/aromatic N) is 2. The van der Waals surface area contributed by atoms with Crippen molar-refractivity contribution in [2.45, 2.75) is 30.5 Å². The van der Waals surface area contributed by atoms with Crippen LogP contribution < -0.4 is 0 Å². The zero-order chi connectivity index (χ0) is 18.9. The lowest BCUT2D eigenvalue weighted by atomic mass is 10.1. The molecular weight excluding hydrogens is 365 g/mol. The number of oxime groups is 1. The minimum Gasteiger partial charge on any atom is -0.392 e. The topological polar surface area (TPSA) is 51.0 Å². The van der Waals surface area contributed by atoms with Crippen LogP contribution in [0.3, 0.4) is 0 Å². The molecule has 138 valence electrons. The Kier molecular flexibility index (Phi) is 4.79. The van der Waals surface area contributed by atoms with Crippen molar-refractivity contribution in [2.24, 2.45) is 9.52 Å². The molecule has 4 nitrogen and oxygen atoms in total. The van der Waals surface area contributed by atoms with Gasteiger partial charge in [-0.05, 0) is 48.9 Å². The van der Waals surface area contributed by atoms with E-state index < -0.39 is 21.5 Å². The van der Waals surface area contributed by atoms with Crippen LogP contribution in [-0.2, 0) is 20.7 Å². The molecule has 1 heterocycles.